The summed E-state index contributed by atoms with van der Waals surface area (Å²) in [5, 5.41) is 5.19. The molecule has 0 aromatic carbocycles. The van der Waals surface area contributed by atoms with Gasteiger partial charge in [0.2, 0.25) is 5.91 Å². The largest absolute Gasteiger partial charge is 0.354 e. The summed E-state index contributed by atoms with van der Waals surface area (Å²) in [4.78, 5) is 15.4. The number of carbonyl (C=O) groups excluding carboxylic acids is 1. The Morgan fingerprint density at radius 2 is 2.21 bits per heavy atom. The van der Waals surface area contributed by atoms with Crippen LogP contribution in [-0.2, 0) is 4.79 Å². The first-order chi connectivity index (χ1) is 9.16. The van der Waals surface area contributed by atoms with Crippen molar-refractivity contribution in [1.29, 1.82) is 0 Å². The molecular weight excluding hydrogens is 256 g/mol. The lowest BCUT2D eigenvalue weighted by Crippen LogP contribution is -2.34. The molecule has 1 N–H and O–H groups in total. The molecule has 0 spiro atoms. The Kier molecular flexibility index (Phi) is 5.40. The molecule has 1 unspecified atom stereocenters. The molecule has 1 atom stereocenters. The van der Waals surface area contributed by atoms with E-state index >= 15 is 0 Å². The van der Waals surface area contributed by atoms with Crippen LogP contribution in [0.1, 0.15) is 43.0 Å². The van der Waals surface area contributed by atoms with Gasteiger partial charge in [0.25, 0.3) is 0 Å². The van der Waals surface area contributed by atoms with Gasteiger partial charge < -0.3 is 10.2 Å². The Balaban J connectivity index is 1.80. The fraction of sp³-hybridized carbons (Fsp3) is 0.667. The van der Waals surface area contributed by atoms with Gasteiger partial charge in [0, 0.05) is 17.8 Å². The van der Waals surface area contributed by atoms with E-state index in [1.54, 1.807) is 11.3 Å². The van der Waals surface area contributed by atoms with Crippen molar-refractivity contribution in [2.75, 3.05) is 20.6 Å². The van der Waals surface area contributed by atoms with Gasteiger partial charge in [-0.1, -0.05) is 18.9 Å². The SMILES string of the molecule is CN(C)C(CNC(=O)CC1CCCC1)c1cccs1. The summed E-state index contributed by atoms with van der Waals surface area (Å²) in [5.74, 6) is 0.842. The summed E-state index contributed by atoms with van der Waals surface area (Å²) in [6.07, 6.45) is 5.77. The van der Waals surface area contributed by atoms with Crippen LogP contribution in [0.4, 0.5) is 0 Å². The van der Waals surface area contributed by atoms with Crippen molar-refractivity contribution < 1.29 is 4.79 Å². The zero-order valence-electron chi connectivity index (χ0n) is 11.9. The van der Waals surface area contributed by atoms with Gasteiger partial charge in [-0.2, -0.15) is 0 Å². The third-order valence-electron chi connectivity index (χ3n) is 3.94. The summed E-state index contributed by atoms with van der Waals surface area (Å²) in [6, 6.07) is 4.49. The van der Waals surface area contributed by atoms with Gasteiger partial charge in [0.15, 0.2) is 0 Å². The highest BCUT2D eigenvalue weighted by Gasteiger charge is 2.20. The van der Waals surface area contributed by atoms with Crippen LogP contribution in [0.2, 0.25) is 0 Å². The average molecular weight is 280 g/mol. The second kappa shape index (κ2) is 7.06. The minimum Gasteiger partial charge on any atom is -0.354 e. The summed E-state index contributed by atoms with van der Waals surface area (Å²) in [6.45, 7) is 0.707. The quantitative estimate of drug-likeness (QED) is 0.868. The van der Waals surface area contributed by atoms with Gasteiger partial charge in [-0.25, -0.2) is 0 Å². The van der Waals surface area contributed by atoms with Crippen LogP contribution in [-0.4, -0.2) is 31.4 Å². The van der Waals surface area contributed by atoms with Crippen molar-refractivity contribution in [1.82, 2.24) is 10.2 Å². The lowest BCUT2D eigenvalue weighted by Gasteiger charge is -2.23. The monoisotopic (exact) mass is 280 g/mol. The van der Waals surface area contributed by atoms with E-state index in [4.69, 9.17) is 0 Å². The molecule has 1 fully saturated rings. The third-order valence-corrected chi connectivity index (χ3v) is 4.91. The average Bonchev–Trinajstić information content (AvgIpc) is 3.01. The van der Waals surface area contributed by atoms with Gasteiger partial charge in [-0.05, 0) is 44.3 Å². The normalized spacial score (nSPS) is 17.8. The van der Waals surface area contributed by atoms with Crippen LogP contribution < -0.4 is 5.32 Å². The van der Waals surface area contributed by atoms with Crippen LogP contribution in [0.3, 0.4) is 0 Å². The maximum absolute atomic E-state index is 12.0. The van der Waals surface area contributed by atoms with Crippen LogP contribution >= 0.6 is 11.3 Å². The first kappa shape index (κ1) is 14.5. The van der Waals surface area contributed by atoms with E-state index < -0.39 is 0 Å². The predicted molar refractivity (Wildman–Crippen MR) is 80.3 cm³/mol. The van der Waals surface area contributed by atoms with E-state index in [2.05, 4.69) is 41.8 Å². The molecule has 0 radical (unpaired) electrons. The molecule has 1 amide bonds. The zero-order valence-corrected chi connectivity index (χ0v) is 12.7. The Labute approximate surface area is 120 Å². The van der Waals surface area contributed by atoms with Crippen LogP contribution in [0.15, 0.2) is 17.5 Å². The Morgan fingerprint density at radius 3 is 2.79 bits per heavy atom. The van der Waals surface area contributed by atoms with Crippen molar-refractivity contribution in [2.24, 2.45) is 5.92 Å². The van der Waals surface area contributed by atoms with Crippen molar-refractivity contribution in [3.05, 3.63) is 22.4 Å². The van der Waals surface area contributed by atoms with Crippen LogP contribution in [0, 0.1) is 5.92 Å². The number of nitrogens with one attached hydrogen (secondary N) is 1. The molecule has 1 aromatic heterocycles. The van der Waals surface area contributed by atoms with E-state index in [0.717, 1.165) is 0 Å². The van der Waals surface area contributed by atoms with E-state index in [0.29, 0.717) is 18.9 Å². The van der Waals surface area contributed by atoms with Gasteiger partial charge in [-0.15, -0.1) is 11.3 Å². The number of amides is 1. The van der Waals surface area contributed by atoms with Crippen LogP contribution in [0.5, 0.6) is 0 Å². The molecule has 106 valence electrons. The number of thiophene rings is 1. The van der Waals surface area contributed by atoms with Crippen molar-refractivity contribution in [2.45, 2.75) is 38.1 Å². The second-order valence-electron chi connectivity index (χ2n) is 5.65. The molecule has 4 heteroatoms. The second-order valence-corrected chi connectivity index (χ2v) is 6.63. The maximum atomic E-state index is 12.0. The van der Waals surface area contributed by atoms with Crippen LogP contribution in [0.25, 0.3) is 0 Å². The molecule has 1 aliphatic carbocycles. The fourth-order valence-corrected chi connectivity index (χ4v) is 3.70. The maximum Gasteiger partial charge on any atom is 0.220 e. The molecular formula is C15H24N2OS. The number of rotatable bonds is 6. The van der Waals surface area contributed by atoms with Crippen molar-refractivity contribution in [3.8, 4) is 0 Å². The zero-order chi connectivity index (χ0) is 13.7. The van der Waals surface area contributed by atoms with E-state index in [1.807, 2.05) is 0 Å². The van der Waals surface area contributed by atoms with Gasteiger partial charge in [0.05, 0.1) is 6.04 Å². The first-order valence-corrected chi connectivity index (χ1v) is 8.01. The number of carbonyl (C=O) groups is 1. The topological polar surface area (TPSA) is 32.3 Å². The molecule has 0 bridgehead atoms. The minimum absolute atomic E-state index is 0.218. The van der Waals surface area contributed by atoms with Gasteiger partial charge >= 0.3 is 0 Å². The molecule has 1 saturated carbocycles. The number of hydrogen-bond donors (Lipinski definition) is 1. The molecule has 19 heavy (non-hydrogen) atoms. The number of hydrogen-bond acceptors (Lipinski definition) is 3. The summed E-state index contributed by atoms with van der Waals surface area (Å²) in [5.41, 5.74) is 0. The highest BCUT2D eigenvalue weighted by atomic mass is 32.1. The summed E-state index contributed by atoms with van der Waals surface area (Å²) >= 11 is 1.75. The predicted octanol–water partition coefficient (Wildman–Crippen LogP) is 3.05. The lowest BCUT2D eigenvalue weighted by atomic mass is 10.0. The fourth-order valence-electron chi connectivity index (χ4n) is 2.78. The molecule has 0 saturated heterocycles. The van der Waals surface area contributed by atoms with Gasteiger partial charge in [-0.3, -0.25) is 4.79 Å². The van der Waals surface area contributed by atoms with E-state index in [9.17, 15) is 4.79 Å². The molecule has 0 aliphatic heterocycles. The summed E-state index contributed by atoms with van der Waals surface area (Å²) in [7, 11) is 4.13. The third kappa shape index (κ3) is 4.32. The Bertz CT molecular complexity index is 383. The molecule has 1 aromatic rings. The lowest BCUT2D eigenvalue weighted by molar-refractivity contribution is -0.122. The smallest absolute Gasteiger partial charge is 0.220 e. The summed E-state index contributed by atoms with van der Waals surface area (Å²) < 4.78 is 0. The molecule has 1 aliphatic rings. The van der Waals surface area contributed by atoms with Gasteiger partial charge in [0.1, 0.15) is 0 Å². The standard InChI is InChI=1S/C15H24N2OS/c1-17(2)13(14-8-5-9-19-14)11-16-15(18)10-12-6-3-4-7-12/h5,8-9,12-13H,3-4,6-7,10-11H2,1-2H3,(H,16,18). The Hall–Kier alpha value is -0.870. The highest BCUT2D eigenvalue weighted by Crippen LogP contribution is 2.27. The highest BCUT2D eigenvalue weighted by molar-refractivity contribution is 7.10. The Morgan fingerprint density at radius 1 is 1.47 bits per heavy atom. The van der Waals surface area contributed by atoms with Crippen molar-refractivity contribution in [3.63, 3.8) is 0 Å². The number of nitrogens with zero attached hydrogens (tertiary/aromatic N) is 1. The molecule has 1 heterocycles. The number of likely N-dealkylation sites (N-methyl/N-ethyl adjacent to an activating group) is 1. The molecule has 2 rings (SSSR count). The first-order valence-electron chi connectivity index (χ1n) is 7.13. The van der Waals surface area contributed by atoms with E-state index in [-0.39, 0.29) is 11.9 Å². The molecule has 3 nitrogen and oxygen atoms in total. The van der Waals surface area contributed by atoms with Crippen molar-refractivity contribution >= 4 is 17.2 Å². The minimum atomic E-state index is 0.218. The van der Waals surface area contributed by atoms with E-state index in [1.165, 1.54) is 30.6 Å².